The average Bonchev–Trinajstić information content (AvgIpc) is 3.03. The summed E-state index contributed by atoms with van der Waals surface area (Å²) in [5.41, 5.74) is 1.56. The number of benzene rings is 1. The largest absolute Gasteiger partial charge is 0.352 e. The third kappa shape index (κ3) is 2.40. The second kappa shape index (κ2) is 4.89. The molecule has 2 saturated carbocycles. The van der Waals surface area contributed by atoms with Crippen molar-refractivity contribution in [3.05, 3.63) is 39.4 Å². The summed E-state index contributed by atoms with van der Waals surface area (Å²) in [4.78, 5) is 22.6. The number of hydrogen-bond acceptors (Lipinski definition) is 3. The molecule has 106 valence electrons. The van der Waals surface area contributed by atoms with E-state index < -0.39 is 0 Å². The van der Waals surface area contributed by atoms with E-state index in [1.165, 1.54) is 12.5 Å². The number of nitrogens with one attached hydrogen (secondary N) is 1. The van der Waals surface area contributed by atoms with Crippen LogP contribution in [0.4, 0.5) is 5.69 Å². The van der Waals surface area contributed by atoms with Crippen molar-refractivity contribution in [3.8, 4) is 0 Å². The van der Waals surface area contributed by atoms with Crippen molar-refractivity contribution in [1.29, 1.82) is 0 Å². The summed E-state index contributed by atoms with van der Waals surface area (Å²) in [5, 5.41) is 13.8. The third-order valence-electron chi connectivity index (χ3n) is 4.68. The Morgan fingerprint density at radius 1 is 1.35 bits per heavy atom. The molecule has 5 heteroatoms. The van der Waals surface area contributed by atoms with Gasteiger partial charge in [-0.1, -0.05) is 12.1 Å². The van der Waals surface area contributed by atoms with Gasteiger partial charge in [-0.05, 0) is 43.6 Å². The monoisotopic (exact) mass is 274 g/mol. The van der Waals surface area contributed by atoms with Crippen LogP contribution in [-0.2, 0) is 11.3 Å². The lowest BCUT2D eigenvalue weighted by Gasteiger charge is -2.13. The number of amides is 1. The first-order valence-corrected chi connectivity index (χ1v) is 7.07. The molecule has 2 aliphatic rings. The second-order valence-corrected chi connectivity index (χ2v) is 5.96. The minimum Gasteiger partial charge on any atom is -0.352 e. The van der Waals surface area contributed by atoms with Gasteiger partial charge < -0.3 is 5.32 Å². The van der Waals surface area contributed by atoms with Gasteiger partial charge in [0.1, 0.15) is 0 Å². The van der Waals surface area contributed by atoms with E-state index in [-0.39, 0.29) is 22.4 Å². The number of fused-ring (bicyclic) bond motifs is 1. The molecule has 2 fully saturated rings. The molecule has 0 spiro atoms. The highest BCUT2D eigenvalue weighted by Gasteiger charge is 2.47. The van der Waals surface area contributed by atoms with E-state index in [4.69, 9.17) is 0 Å². The van der Waals surface area contributed by atoms with Crippen LogP contribution in [0, 0.1) is 34.8 Å². The maximum absolute atomic E-state index is 12.1. The van der Waals surface area contributed by atoms with Gasteiger partial charge in [-0.25, -0.2) is 0 Å². The first-order chi connectivity index (χ1) is 9.56. The van der Waals surface area contributed by atoms with Gasteiger partial charge in [-0.3, -0.25) is 14.9 Å². The molecular formula is C15H18N2O3. The Hall–Kier alpha value is -1.91. The van der Waals surface area contributed by atoms with Crippen molar-refractivity contribution >= 4 is 11.6 Å². The molecule has 1 N–H and O–H groups in total. The number of nitrogens with zero attached hydrogens (tertiary/aromatic N) is 1. The Morgan fingerprint density at radius 3 is 2.70 bits per heavy atom. The van der Waals surface area contributed by atoms with Crippen molar-refractivity contribution in [1.82, 2.24) is 5.32 Å². The van der Waals surface area contributed by atoms with Crippen LogP contribution in [0.15, 0.2) is 18.2 Å². The number of nitro benzene ring substituents is 1. The molecule has 20 heavy (non-hydrogen) atoms. The van der Waals surface area contributed by atoms with E-state index >= 15 is 0 Å². The van der Waals surface area contributed by atoms with E-state index in [1.54, 1.807) is 13.0 Å². The van der Waals surface area contributed by atoms with E-state index in [0.717, 1.165) is 30.2 Å². The van der Waals surface area contributed by atoms with Gasteiger partial charge in [0, 0.05) is 24.1 Å². The summed E-state index contributed by atoms with van der Waals surface area (Å²) >= 11 is 0. The smallest absolute Gasteiger partial charge is 0.272 e. The van der Waals surface area contributed by atoms with Crippen LogP contribution < -0.4 is 5.32 Å². The molecular weight excluding hydrogens is 256 g/mol. The van der Waals surface area contributed by atoms with E-state index in [0.29, 0.717) is 12.1 Å². The molecule has 5 nitrogen and oxygen atoms in total. The lowest BCUT2D eigenvalue weighted by atomic mass is 10.0. The van der Waals surface area contributed by atoms with Gasteiger partial charge in [0.25, 0.3) is 5.69 Å². The number of rotatable bonds is 4. The average molecular weight is 274 g/mol. The zero-order valence-electron chi connectivity index (χ0n) is 11.5. The predicted octanol–water partition coefficient (Wildman–Crippen LogP) is 2.57. The highest BCUT2D eigenvalue weighted by Crippen LogP contribution is 2.54. The highest BCUT2D eigenvalue weighted by molar-refractivity contribution is 5.79. The molecule has 0 aromatic heterocycles. The normalized spacial score (nSPS) is 26.9. The topological polar surface area (TPSA) is 72.2 Å². The van der Waals surface area contributed by atoms with Gasteiger partial charge in [0.2, 0.25) is 5.91 Å². The first-order valence-electron chi connectivity index (χ1n) is 7.07. The lowest BCUT2D eigenvalue weighted by molar-refractivity contribution is -0.385. The van der Waals surface area contributed by atoms with Crippen LogP contribution in [0.25, 0.3) is 0 Å². The Bertz CT molecular complexity index is 560. The lowest BCUT2D eigenvalue weighted by Crippen LogP contribution is -2.29. The molecule has 1 amide bonds. The SMILES string of the molecule is Cc1c(CNC(=O)C2CC3CC3C2)cccc1[N+](=O)[O-]. The third-order valence-corrected chi connectivity index (χ3v) is 4.68. The molecule has 0 radical (unpaired) electrons. The van der Waals surface area contributed by atoms with Crippen molar-refractivity contribution in [2.75, 3.05) is 0 Å². The van der Waals surface area contributed by atoms with Crippen molar-refractivity contribution in [2.45, 2.75) is 32.7 Å². The Kier molecular flexibility index (Phi) is 3.20. The Morgan fingerprint density at radius 2 is 2.05 bits per heavy atom. The van der Waals surface area contributed by atoms with Crippen molar-refractivity contribution in [3.63, 3.8) is 0 Å². The molecule has 0 aliphatic heterocycles. The van der Waals surface area contributed by atoms with Gasteiger partial charge in [-0.15, -0.1) is 0 Å². The Labute approximate surface area is 117 Å². The summed E-state index contributed by atoms with van der Waals surface area (Å²) in [5.74, 6) is 1.82. The van der Waals surface area contributed by atoms with E-state index in [1.807, 2.05) is 6.07 Å². The fourth-order valence-corrected chi connectivity index (χ4v) is 3.31. The van der Waals surface area contributed by atoms with Crippen LogP contribution in [0.1, 0.15) is 30.4 Å². The highest BCUT2D eigenvalue weighted by atomic mass is 16.6. The molecule has 2 aliphatic carbocycles. The summed E-state index contributed by atoms with van der Waals surface area (Å²) in [6.07, 6.45) is 3.34. The number of nitro groups is 1. The molecule has 0 saturated heterocycles. The zero-order chi connectivity index (χ0) is 14.3. The number of carbonyl (C=O) groups is 1. The summed E-state index contributed by atoms with van der Waals surface area (Å²) < 4.78 is 0. The zero-order valence-corrected chi connectivity index (χ0v) is 11.5. The molecule has 2 atom stereocenters. The standard InChI is InChI=1S/C15H18N2O3/c1-9-10(3-2-4-14(9)17(19)20)8-16-15(18)13-6-11-5-12(11)7-13/h2-4,11-13H,5-8H2,1H3,(H,16,18). The summed E-state index contributed by atoms with van der Waals surface area (Å²) in [6, 6.07) is 4.98. The maximum Gasteiger partial charge on any atom is 0.272 e. The number of hydrogen-bond donors (Lipinski definition) is 1. The van der Waals surface area contributed by atoms with Gasteiger partial charge >= 0.3 is 0 Å². The van der Waals surface area contributed by atoms with E-state index in [2.05, 4.69) is 5.32 Å². The minimum absolute atomic E-state index is 0.100. The summed E-state index contributed by atoms with van der Waals surface area (Å²) in [6.45, 7) is 2.10. The van der Waals surface area contributed by atoms with Gasteiger partial charge in [0.15, 0.2) is 0 Å². The fourth-order valence-electron chi connectivity index (χ4n) is 3.31. The minimum atomic E-state index is -0.384. The van der Waals surface area contributed by atoms with Crippen molar-refractivity contribution < 1.29 is 9.72 Å². The Balaban J connectivity index is 1.62. The fraction of sp³-hybridized carbons (Fsp3) is 0.533. The predicted molar refractivity (Wildman–Crippen MR) is 74.0 cm³/mol. The van der Waals surface area contributed by atoms with Crippen molar-refractivity contribution in [2.24, 2.45) is 17.8 Å². The van der Waals surface area contributed by atoms with Crippen LogP contribution >= 0.6 is 0 Å². The van der Waals surface area contributed by atoms with Crippen LogP contribution in [0.3, 0.4) is 0 Å². The van der Waals surface area contributed by atoms with Gasteiger partial charge in [-0.2, -0.15) is 0 Å². The molecule has 1 aromatic rings. The first kappa shape index (κ1) is 13.1. The summed E-state index contributed by atoms with van der Waals surface area (Å²) in [7, 11) is 0. The molecule has 0 bridgehead atoms. The molecule has 3 rings (SSSR count). The molecule has 0 heterocycles. The van der Waals surface area contributed by atoms with E-state index in [9.17, 15) is 14.9 Å². The van der Waals surface area contributed by atoms with Crippen LogP contribution in [-0.4, -0.2) is 10.8 Å². The quantitative estimate of drug-likeness (QED) is 0.677. The van der Waals surface area contributed by atoms with Crippen LogP contribution in [0.2, 0.25) is 0 Å². The maximum atomic E-state index is 12.1. The second-order valence-electron chi connectivity index (χ2n) is 5.96. The van der Waals surface area contributed by atoms with Gasteiger partial charge in [0.05, 0.1) is 4.92 Å². The molecule has 2 unspecified atom stereocenters. The molecule has 1 aromatic carbocycles. The number of carbonyl (C=O) groups excluding carboxylic acids is 1. The van der Waals surface area contributed by atoms with Crippen LogP contribution in [0.5, 0.6) is 0 Å².